The zero-order valence-corrected chi connectivity index (χ0v) is 12.6. The van der Waals surface area contributed by atoms with Crippen LogP contribution in [0.25, 0.3) is 0 Å². The molecule has 0 spiro atoms. The summed E-state index contributed by atoms with van der Waals surface area (Å²) < 4.78 is 4.60. The Hall–Kier alpha value is -2.08. The lowest BCUT2D eigenvalue weighted by molar-refractivity contribution is -0.120. The van der Waals surface area contributed by atoms with Gasteiger partial charge in [-0.25, -0.2) is 4.79 Å². The van der Waals surface area contributed by atoms with Crippen LogP contribution < -0.4 is 10.6 Å². The van der Waals surface area contributed by atoms with E-state index in [1.54, 1.807) is 25.1 Å². The number of alkyl halides is 1. The fraction of sp³-hybridized carbons (Fsp3) is 0.357. The highest BCUT2D eigenvalue weighted by molar-refractivity contribution is 6.30. The second-order valence-electron chi connectivity index (χ2n) is 4.28. The minimum absolute atomic E-state index is 0.109. The molecule has 0 bridgehead atoms. The zero-order valence-electron chi connectivity index (χ0n) is 11.8. The Morgan fingerprint density at radius 1 is 1.33 bits per heavy atom. The first-order chi connectivity index (χ1) is 9.93. The molecule has 1 aromatic carbocycles. The number of carbonyl (C=O) groups is 3. The number of halogens is 1. The first kappa shape index (κ1) is 17.0. The molecular weight excluding hydrogens is 296 g/mol. The minimum Gasteiger partial charge on any atom is -0.465 e. The molecule has 1 rings (SSSR count). The quantitative estimate of drug-likeness (QED) is 0.616. The van der Waals surface area contributed by atoms with Crippen molar-refractivity contribution in [3.8, 4) is 0 Å². The molecule has 1 atom stereocenters. The Bertz CT molecular complexity index is 531. The highest BCUT2D eigenvalue weighted by Gasteiger charge is 2.10. The Morgan fingerprint density at radius 2 is 2.05 bits per heavy atom. The molecule has 1 unspecified atom stereocenters. The van der Waals surface area contributed by atoms with Crippen LogP contribution in [0.1, 0.15) is 23.7 Å². The predicted molar refractivity (Wildman–Crippen MR) is 79.4 cm³/mol. The third-order valence-electron chi connectivity index (χ3n) is 2.58. The fourth-order valence-corrected chi connectivity index (χ4v) is 1.58. The van der Waals surface area contributed by atoms with Gasteiger partial charge in [0.05, 0.1) is 12.7 Å². The van der Waals surface area contributed by atoms with E-state index in [-0.39, 0.29) is 24.8 Å². The van der Waals surface area contributed by atoms with Gasteiger partial charge >= 0.3 is 5.97 Å². The zero-order chi connectivity index (χ0) is 15.8. The monoisotopic (exact) mass is 312 g/mol. The second-order valence-corrected chi connectivity index (χ2v) is 4.93. The largest absolute Gasteiger partial charge is 0.465 e. The maximum absolute atomic E-state index is 11.7. The number of anilines is 1. The van der Waals surface area contributed by atoms with E-state index in [1.165, 1.54) is 13.2 Å². The van der Waals surface area contributed by atoms with Gasteiger partial charge in [0, 0.05) is 18.7 Å². The van der Waals surface area contributed by atoms with Crippen LogP contribution in [0.2, 0.25) is 0 Å². The maximum atomic E-state index is 11.7. The summed E-state index contributed by atoms with van der Waals surface area (Å²) in [5.74, 6) is -1.08. The summed E-state index contributed by atoms with van der Waals surface area (Å²) in [4.78, 5) is 34.3. The molecule has 7 heteroatoms. The molecule has 0 aliphatic heterocycles. The molecule has 114 valence electrons. The molecule has 1 aromatic rings. The lowest BCUT2D eigenvalue weighted by atomic mass is 10.2. The number of carbonyl (C=O) groups excluding carboxylic acids is 3. The average molecular weight is 313 g/mol. The van der Waals surface area contributed by atoms with Gasteiger partial charge in [0.15, 0.2) is 0 Å². The molecule has 21 heavy (non-hydrogen) atoms. The van der Waals surface area contributed by atoms with Gasteiger partial charge in [-0.2, -0.15) is 0 Å². The molecule has 0 saturated heterocycles. The van der Waals surface area contributed by atoms with Gasteiger partial charge in [0.25, 0.3) is 0 Å². The molecule has 0 aromatic heterocycles. The van der Waals surface area contributed by atoms with Gasteiger partial charge in [-0.15, -0.1) is 11.6 Å². The van der Waals surface area contributed by atoms with Gasteiger partial charge in [0.2, 0.25) is 11.8 Å². The van der Waals surface area contributed by atoms with Crippen molar-refractivity contribution in [3.05, 3.63) is 29.8 Å². The average Bonchev–Trinajstić information content (AvgIpc) is 2.46. The maximum Gasteiger partial charge on any atom is 0.337 e. The summed E-state index contributed by atoms with van der Waals surface area (Å²) >= 11 is 5.58. The van der Waals surface area contributed by atoms with Crippen LogP contribution in [0.15, 0.2) is 24.3 Å². The van der Waals surface area contributed by atoms with Crippen molar-refractivity contribution in [1.29, 1.82) is 0 Å². The van der Waals surface area contributed by atoms with E-state index in [9.17, 15) is 14.4 Å². The number of amides is 2. The highest BCUT2D eigenvalue weighted by atomic mass is 35.5. The summed E-state index contributed by atoms with van der Waals surface area (Å²) in [7, 11) is 1.29. The van der Waals surface area contributed by atoms with Gasteiger partial charge < -0.3 is 15.4 Å². The van der Waals surface area contributed by atoms with Crippen molar-refractivity contribution < 1.29 is 19.1 Å². The van der Waals surface area contributed by atoms with E-state index in [0.717, 1.165) is 0 Å². The normalized spacial score (nSPS) is 11.4. The first-order valence-electron chi connectivity index (χ1n) is 6.34. The number of hydrogen-bond acceptors (Lipinski definition) is 4. The number of benzene rings is 1. The molecule has 0 aliphatic carbocycles. The number of rotatable bonds is 6. The third kappa shape index (κ3) is 5.83. The predicted octanol–water partition coefficient (Wildman–Crippen LogP) is 1.55. The molecule has 0 aliphatic rings. The van der Waals surface area contributed by atoms with Crippen LogP contribution in [0.3, 0.4) is 0 Å². The SMILES string of the molecule is COC(=O)c1cccc(NC(=O)CCNC(=O)C(C)Cl)c1. The Labute approximate surface area is 127 Å². The van der Waals surface area contributed by atoms with Crippen LogP contribution in [-0.4, -0.2) is 36.8 Å². The molecule has 0 heterocycles. The topological polar surface area (TPSA) is 84.5 Å². The molecule has 2 amide bonds. The van der Waals surface area contributed by atoms with Crippen LogP contribution in [0.5, 0.6) is 0 Å². The van der Waals surface area contributed by atoms with Gasteiger partial charge in [0.1, 0.15) is 5.38 Å². The van der Waals surface area contributed by atoms with Crippen molar-refractivity contribution in [3.63, 3.8) is 0 Å². The lowest BCUT2D eigenvalue weighted by Crippen LogP contribution is -2.32. The van der Waals surface area contributed by atoms with Crippen LogP contribution in [-0.2, 0) is 14.3 Å². The van der Waals surface area contributed by atoms with Crippen molar-refractivity contribution in [2.45, 2.75) is 18.7 Å². The van der Waals surface area contributed by atoms with Gasteiger partial charge in [-0.3, -0.25) is 9.59 Å². The highest BCUT2D eigenvalue weighted by Crippen LogP contribution is 2.11. The third-order valence-corrected chi connectivity index (χ3v) is 2.78. The molecule has 2 N–H and O–H groups in total. The van der Waals surface area contributed by atoms with E-state index in [2.05, 4.69) is 15.4 Å². The number of methoxy groups -OCH3 is 1. The number of ether oxygens (including phenoxy) is 1. The lowest BCUT2D eigenvalue weighted by Gasteiger charge is -2.08. The van der Waals surface area contributed by atoms with E-state index < -0.39 is 11.3 Å². The molecule has 6 nitrogen and oxygen atoms in total. The molecule has 0 fully saturated rings. The molecular formula is C14H17ClN2O4. The Kier molecular flexibility index (Phi) is 6.68. The standard InChI is InChI=1S/C14H17ClN2O4/c1-9(15)13(19)16-7-6-12(18)17-11-5-3-4-10(8-11)14(20)21-2/h3-5,8-9H,6-7H2,1-2H3,(H,16,19)(H,17,18). The van der Waals surface area contributed by atoms with E-state index in [1.807, 2.05) is 0 Å². The minimum atomic E-state index is -0.634. The van der Waals surface area contributed by atoms with Crippen molar-refractivity contribution in [1.82, 2.24) is 5.32 Å². The van der Waals surface area contributed by atoms with Crippen molar-refractivity contribution in [2.75, 3.05) is 19.0 Å². The van der Waals surface area contributed by atoms with E-state index in [4.69, 9.17) is 11.6 Å². The molecule has 0 saturated carbocycles. The van der Waals surface area contributed by atoms with Gasteiger partial charge in [-0.1, -0.05) is 6.07 Å². The second kappa shape index (κ2) is 8.26. The Balaban J connectivity index is 2.48. The number of hydrogen-bond donors (Lipinski definition) is 2. The van der Waals surface area contributed by atoms with Crippen LogP contribution >= 0.6 is 11.6 Å². The number of esters is 1. The summed E-state index contributed by atoms with van der Waals surface area (Å²) in [6.07, 6.45) is 0.109. The summed E-state index contributed by atoms with van der Waals surface area (Å²) in [6.45, 7) is 1.74. The van der Waals surface area contributed by atoms with Crippen molar-refractivity contribution in [2.24, 2.45) is 0 Å². The fourth-order valence-electron chi connectivity index (χ4n) is 1.51. The smallest absolute Gasteiger partial charge is 0.337 e. The van der Waals surface area contributed by atoms with E-state index in [0.29, 0.717) is 11.3 Å². The van der Waals surface area contributed by atoms with Crippen LogP contribution in [0.4, 0.5) is 5.69 Å². The first-order valence-corrected chi connectivity index (χ1v) is 6.77. The van der Waals surface area contributed by atoms with Crippen molar-refractivity contribution >= 4 is 35.1 Å². The Morgan fingerprint density at radius 3 is 2.67 bits per heavy atom. The van der Waals surface area contributed by atoms with Crippen LogP contribution in [0, 0.1) is 0 Å². The van der Waals surface area contributed by atoms with Gasteiger partial charge in [-0.05, 0) is 25.1 Å². The number of nitrogens with one attached hydrogen (secondary N) is 2. The molecule has 0 radical (unpaired) electrons. The summed E-state index contributed by atoms with van der Waals surface area (Å²) in [5, 5.41) is 4.53. The summed E-state index contributed by atoms with van der Waals surface area (Å²) in [5.41, 5.74) is 0.833. The van der Waals surface area contributed by atoms with E-state index >= 15 is 0 Å². The summed E-state index contributed by atoms with van der Waals surface area (Å²) in [6, 6.07) is 6.40.